The maximum Gasteiger partial charge on any atom is 0.215 e. The Kier molecular flexibility index (Phi) is 6.63. The fourth-order valence-electron chi connectivity index (χ4n) is 1.55. The predicted octanol–water partition coefficient (Wildman–Crippen LogP) is -1.79. The summed E-state index contributed by atoms with van der Waals surface area (Å²) in [6.07, 6.45) is 0. The van der Waals surface area contributed by atoms with Gasteiger partial charge < -0.3 is 9.47 Å². The average molecular weight is 316 g/mol. The molecule has 1 aliphatic heterocycles. The number of nitrogens with zero attached hydrogens (tertiary/aromatic N) is 1. The average Bonchev–Trinajstić information content (AvgIpc) is 2.37. The van der Waals surface area contributed by atoms with Gasteiger partial charge in [0, 0.05) is 26.7 Å². The Balaban J connectivity index is 2.39. The Morgan fingerprint density at radius 1 is 1.16 bits per heavy atom. The van der Waals surface area contributed by atoms with Crippen molar-refractivity contribution in [3.05, 3.63) is 0 Å². The van der Waals surface area contributed by atoms with Crippen LogP contribution >= 0.6 is 0 Å². The monoisotopic (exact) mass is 316 g/mol. The summed E-state index contributed by atoms with van der Waals surface area (Å²) in [7, 11) is -5.51. The summed E-state index contributed by atoms with van der Waals surface area (Å²) in [6, 6.07) is 0. The standard InChI is InChI=1S/C9H20N2O6S2/c1-16-7-9-18(12,13)10-2-8-19(14,15)11-3-5-17-6-4-11/h10H,2-9H2,1H3. The SMILES string of the molecule is COCCS(=O)(=O)NCCS(=O)(=O)N1CCOCC1. The Hall–Kier alpha value is -0.260. The molecule has 0 atom stereocenters. The quantitative estimate of drug-likeness (QED) is 0.568. The molecular weight excluding hydrogens is 296 g/mol. The number of hydrogen-bond donors (Lipinski definition) is 1. The molecule has 1 rings (SSSR count). The summed E-state index contributed by atoms with van der Waals surface area (Å²) < 4.78 is 59.9. The summed E-state index contributed by atoms with van der Waals surface area (Å²) in [5.74, 6) is -0.430. The minimum Gasteiger partial charge on any atom is -0.384 e. The molecule has 0 aliphatic carbocycles. The fraction of sp³-hybridized carbons (Fsp3) is 1.00. The van der Waals surface area contributed by atoms with Gasteiger partial charge in [0.15, 0.2) is 0 Å². The number of sulfonamides is 2. The molecule has 10 heteroatoms. The number of ether oxygens (including phenoxy) is 2. The molecule has 1 heterocycles. The van der Waals surface area contributed by atoms with Crippen LogP contribution in [0.15, 0.2) is 0 Å². The molecule has 0 aromatic carbocycles. The Labute approximate surface area is 114 Å². The van der Waals surface area contributed by atoms with E-state index in [-0.39, 0.29) is 24.7 Å². The molecule has 8 nitrogen and oxygen atoms in total. The molecule has 114 valence electrons. The molecule has 0 spiro atoms. The smallest absolute Gasteiger partial charge is 0.215 e. The van der Waals surface area contributed by atoms with Gasteiger partial charge in [0.2, 0.25) is 20.0 Å². The fourth-order valence-corrected chi connectivity index (χ4v) is 3.94. The maximum absolute atomic E-state index is 11.9. The molecular formula is C9H20N2O6S2. The highest BCUT2D eigenvalue weighted by atomic mass is 32.2. The molecule has 0 aromatic heterocycles. The lowest BCUT2D eigenvalue weighted by molar-refractivity contribution is 0.0730. The first kappa shape index (κ1) is 16.8. The highest BCUT2D eigenvalue weighted by molar-refractivity contribution is 7.90. The van der Waals surface area contributed by atoms with Gasteiger partial charge in [0.25, 0.3) is 0 Å². The number of hydrogen-bond acceptors (Lipinski definition) is 6. The molecule has 0 radical (unpaired) electrons. The van der Waals surface area contributed by atoms with Gasteiger partial charge >= 0.3 is 0 Å². The third-order valence-corrected chi connectivity index (χ3v) is 5.82. The van der Waals surface area contributed by atoms with Crippen molar-refractivity contribution in [3.8, 4) is 0 Å². The van der Waals surface area contributed by atoms with Gasteiger partial charge in [0.05, 0.1) is 31.3 Å². The van der Waals surface area contributed by atoms with E-state index in [1.165, 1.54) is 11.4 Å². The van der Waals surface area contributed by atoms with Gasteiger partial charge in [-0.1, -0.05) is 0 Å². The maximum atomic E-state index is 11.9. The van der Waals surface area contributed by atoms with Crippen LogP contribution < -0.4 is 4.72 Å². The van der Waals surface area contributed by atoms with Crippen LogP contribution in [0.5, 0.6) is 0 Å². The van der Waals surface area contributed by atoms with Gasteiger partial charge in [-0.15, -0.1) is 0 Å². The zero-order valence-electron chi connectivity index (χ0n) is 10.9. The van der Waals surface area contributed by atoms with Gasteiger partial charge in [-0.25, -0.2) is 21.6 Å². The van der Waals surface area contributed by atoms with E-state index in [9.17, 15) is 16.8 Å². The number of nitrogens with one attached hydrogen (secondary N) is 1. The first-order valence-corrected chi connectivity index (χ1v) is 9.15. The van der Waals surface area contributed by atoms with Crippen LogP contribution in [-0.2, 0) is 29.5 Å². The number of morpholine rings is 1. The van der Waals surface area contributed by atoms with Gasteiger partial charge in [0.1, 0.15) is 0 Å². The largest absolute Gasteiger partial charge is 0.384 e. The Morgan fingerprint density at radius 3 is 2.37 bits per heavy atom. The Bertz CT molecular complexity index is 455. The van der Waals surface area contributed by atoms with E-state index in [1.807, 2.05) is 0 Å². The topological polar surface area (TPSA) is 102 Å². The molecule has 0 unspecified atom stereocenters. The van der Waals surface area contributed by atoms with Gasteiger partial charge in [-0.3, -0.25) is 0 Å². The molecule has 0 saturated carbocycles. The third-order valence-electron chi connectivity index (χ3n) is 2.60. The second kappa shape index (κ2) is 7.50. The third kappa shape index (κ3) is 6.15. The van der Waals surface area contributed by atoms with Gasteiger partial charge in [-0.2, -0.15) is 4.31 Å². The summed E-state index contributed by atoms with van der Waals surface area (Å²) >= 11 is 0. The molecule has 1 saturated heterocycles. The summed E-state index contributed by atoms with van der Waals surface area (Å²) in [5, 5.41) is 0. The molecule has 1 aliphatic rings. The van der Waals surface area contributed by atoms with Gasteiger partial charge in [-0.05, 0) is 0 Å². The van der Waals surface area contributed by atoms with Crippen LogP contribution in [0.25, 0.3) is 0 Å². The van der Waals surface area contributed by atoms with Crippen LogP contribution in [0.1, 0.15) is 0 Å². The molecule has 0 aromatic rings. The summed E-state index contributed by atoms with van der Waals surface area (Å²) in [6.45, 7) is 1.33. The van der Waals surface area contributed by atoms with Crippen molar-refractivity contribution < 1.29 is 26.3 Å². The lowest BCUT2D eigenvalue weighted by Gasteiger charge is -2.26. The summed E-state index contributed by atoms with van der Waals surface area (Å²) in [5.41, 5.74) is 0. The van der Waals surface area contributed by atoms with Crippen LogP contribution in [0.4, 0.5) is 0 Å². The van der Waals surface area contributed by atoms with Crippen LogP contribution in [-0.4, -0.2) is 79.2 Å². The number of methoxy groups -OCH3 is 1. The zero-order valence-corrected chi connectivity index (χ0v) is 12.5. The molecule has 1 N–H and O–H groups in total. The van der Waals surface area contributed by atoms with E-state index in [0.717, 1.165) is 0 Å². The van der Waals surface area contributed by atoms with Crippen LogP contribution in [0.3, 0.4) is 0 Å². The van der Waals surface area contributed by atoms with E-state index in [2.05, 4.69) is 9.46 Å². The second-order valence-electron chi connectivity index (χ2n) is 4.03. The van der Waals surface area contributed by atoms with Crippen molar-refractivity contribution in [2.75, 3.05) is 58.1 Å². The van der Waals surface area contributed by atoms with Crippen LogP contribution in [0.2, 0.25) is 0 Å². The highest BCUT2D eigenvalue weighted by Crippen LogP contribution is 2.05. The molecule has 0 bridgehead atoms. The van der Waals surface area contributed by atoms with E-state index < -0.39 is 20.0 Å². The molecule has 19 heavy (non-hydrogen) atoms. The van der Waals surface area contributed by atoms with Crippen molar-refractivity contribution in [2.24, 2.45) is 0 Å². The van der Waals surface area contributed by atoms with Crippen molar-refractivity contribution in [1.82, 2.24) is 9.03 Å². The lowest BCUT2D eigenvalue weighted by atomic mass is 10.5. The van der Waals surface area contributed by atoms with E-state index in [1.54, 1.807) is 0 Å². The first-order chi connectivity index (χ1) is 8.87. The van der Waals surface area contributed by atoms with Crippen molar-refractivity contribution in [1.29, 1.82) is 0 Å². The first-order valence-electron chi connectivity index (χ1n) is 5.89. The highest BCUT2D eigenvalue weighted by Gasteiger charge is 2.24. The van der Waals surface area contributed by atoms with E-state index in [0.29, 0.717) is 26.3 Å². The predicted molar refractivity (Wildman–Crippen MR) is 69.8 cm³/mol. The van der Waals surface area contributed by atoms with Crippen molar-refractivity contribution in [2.45, 2.75) is 0 Å². The van der Waals surface area contributed by atoms with E-state index >= 15 is 0 Å². The van der Waals surface area contributed by atoms with Crippen molar-refractivity contribution >= 4 is 20.0 Å². The zero-order chi connectivity index (χ0) is 14.4. The lowest BCUT2D eigenvalue weighted by Crippen LogP contribution is -2.44. The van der Waals surface area contributed by atoms with Crippen LogP contribution in [0, 0.1) is 0 Å². The molecule has 1 fully saturated rings. The summed E-state index contributed by atoms with van der Waals surface area (Å²) in [4.78, 5) is 0. The number of rotatable bonds is 8. The normalized spacial score (nSPS) is 18.6. The minimum absolute atomic E-state index is 0.0749. The minimum atomic E-state index is -3.48. The molecule has 0 amide bonds. The van der Waals surface area contributed by atoms with Crippen molar-refractivity contribution in [3.63, 3.8) is 0 Å². The Morgan fingerprint density at radius 2 is 1.79 bits per heavy atom. The second-order valence-corrected chi connectivity index (χ2v) is 8.05. The van der Waals surface area contributed by atoms with E-state index in [4.69, 9.17) is 4.74 Å².